The SMILES string of the molecule is COC(=O)CNC(=O)N1CCc2c(cccc2C(=O)O)C1. The molecule has 1 aromatic rings. The predicted molar refractivity (Wildman–Crippen MR) is 72.9 cm³/mol. The molecule has 1 aliphatic heterocycles. The maximum absolute atomic E-state index is 11.9. The van der Waals surface area contributed by atoms with E-state index in [1.54, 1.807) is 12.1 Å². The first-order valence-corrected chi connectivity index (χ1v) is 6.46. The summed E-state index contributed by atoms with van der Waals surface area (Å²) >= 11 is 0. The van der Waals surface area contributed by atoms with Gasteiger partial charge in [-0.1, -0.05) is 12.1 Å². The van der Waals surface area contributed by atoms with Crippen LogP contribution >= 0.6 is 0 Å². The number of amides is 2. The van der Waals surface area contributed by atoms with Crippen molar-refractivity contribution in [1.82, 2.24) is 10.2 Å². The number of carbonyl (C=O) groups excluding carboxylic acids is 2. The Hall–Kier alpha value is -2.57. The van der Waals surface area contributed by atoms with Crippen molar-refractivity contribution in [3.63, 3.8) is 0 Å². The number of hydrogen-bond donors (Lipinski definition) is 2. The highest BCUT2D eigenvalue weighted by molar-refractivity contribution is 5.90. The molecule has 112 valence electrons. The Kier molecular flexibility index (Phi) is 4.42. The standard InChI is InChI=1S/C14H16N2O5/c1-21-12(17)7-15-14(20)16-6-5-10-9(8-16)3-2-4-11(10)13(18)19/h2-4H,5-8H2,1H3,(H,15,20)(H,18,19). The van der Waals surface area contributed by atoms with Crippen LogP contribution in [0.15, 0.2) is 18.2 Å². The molecule has 2 amide bonds. The second kappa shape index (κ2) is 6.25. The van der Waals surface area contributed by atoms with Gasteiger partial charge < -0.3 is 20.1 Å². The molecule has 0 fully saturated rings. The molecule has 7 nitrogen and oxygen atoms in total. The lowest BCUT2D eigenvalue weighted by Gasteiger charge is -2.29. The van der Waals surface area contributed by atoms with Crippen LogP contribution in [0.3, 0.4) is 0 Å². The summed E-state index contributed by atoms with van der Waals surface area (Å²) in [7, 11) is 1.25. The van der Waals surface area contributed by atoms with Crippen LogP contribution in [0.1, 0.15) is 21.5 Å². The molecular weight excluding hydrogens is 276 g/mol. The van der Waals surface area contributed by atoms with Gasteiger partial charge in [-0.15, -0.1) is 0 Å². The zero-order valence-electron chi connectivity index (χ0n) is 11.6. The normalized spacial score (nSPS) is 13.3. The summed E-state index contributed by atoms with van der Waals surface area (Å²) in [5.74, 6) is -1.48. The van der Waals surface area contributed by atoms with Gasteiger partial charge in [-0.2, -0.15) is 0 Å². The van der Waals surface area contributed by atoms with E-state index in [1.165, 1.54) is 12.0 Å². The van der Waals surface area contributed by atoms with Gasteiger partial charge in [-0.3, -0.25) is 4.79 Å². The fourth-order valence-electron chi connectivity index (χ4n) is 2.31. The maximum atomic E-state index is 11.9. The molecule has 0 radical (unpaired) electrons. The Bertz CT molecular complexity index is 585. The Balaban J connectivity index is 2.06. The first kappa shape index (κ1) is 14.8. The number of carboxylic acids is 1. The van der Waals surface area contributed by atoms with Crippen LogP contribution in [0, 0.1) is 0 Å². The van der Waals surface area contributed by atoms with Gasteiger partial charge in [0.2, 0.25) is 0 Å². The number of carbonyl (C=O) groups is 3. The van der Waals surface area contributed by atoms with Gasteiger partial charge >= 0.3 is 18.0 Å². The van der Waals surface area contributed by atoms with Gasteiger partial charge in [0.25, 0.3) is 0 Å². The minimum absolute atomic E-state index is 0.187. The van der Waals surface area contributed by atoms with Crippen molar-refractivity contribution in [2.45, 2.75) is 13.0 Å². The molecule has 1 heterocycles. The molecular formula is C14H16N2O5. The molecule has 21 heavy (non-hydrogen) atoms. The number of benzene rings is 1. The maximum Gasteiger partial charge on any atom is 0.335 e. The third kappa shape index (κ3) is 3.31. The van der Waals surface area contributed by atoms with E-state index in [0.29, 0.717) is 19.5 Å². The fraction of sp³-hybridized carbons (Fsp3) is 0.357. The van der Waals surface area contributed by atoms with Gasteiger partial charge in [-0.05, 0) is 23.6 Å². The van der Waals surface area contributed by atoms with Crippen molar-refractivity contribution in [2.75, 3.05) is 20.2 Å². The van der Waals surface area contributed by atoms with Crippen LogP contribution in [0.2, 0.25) is 0 Å². The lowest BCUT2D eigenvalue weighted by molar-refractivity contribution is -0.139. The second-order valence-electron chi connectivity index (χ2n) is 4.65. The third-order valence-electron chi connectivity index (χ3n) is 3.40. The van der Waals surface area contributed by atoms with E-state index in [1.807, 2.05) is 6.07 Å². The highest BCUT2D eigenvalue weighted by Crippen LogP contribution is 2.22. The van der Waals surface area contributed by atoms with Crippen LogP contribution in [-0.4, -0.2) is 48.2 Å². The number of hydrogen-bond acceptors (Lipinski definition) is 4. The van der Waals surface area contributed by atoms with E-state index in [-0.39, 0.29) is 18.1 Å². The fourth-order valence-corrected chi connectivity index (χ4v) is 2.31. The van der Waals surface area contributed by atoms with Crippen LogP contribution in [0.25, 0.3) is 0 Å². The topological polar surface area (TPSA) is 95.9 Å². The quantitative estimate of drug-likeness (QED) is 0.796. The van der Waals surface area contributed by atoms with Crippen LogP contribution in [0.5, 0.6) is 0 Å². The number of methoxy groups -OCH3 is 1. The minimum Gasteiger partial charge on any atom is -0.478 e. The van der Waals surface area contributed by atoms with Crippen molar-refractivity contribution in [2.24, 2.45) is 0 Å². The van der Waals surface area contributed by atoms with E-state index in [2.05, 4.69) is 10.1 Å². The van der Waals surface area contributed by atoms with Gasteiger partial charge in [0.1, 0.15) is 6.54 Å². The van der Waals surface area contributed by atoms with Gasteiger partial charge in [0, 0.05) is 13.1 Å². The number of ether oxygens (including phenoxy) is 1. The summed E-state index contributed by atoms with van der Waals surface area (Å²) in [6, 6.07) is 4.67. The van der Waals surface area contributed by atoms with E-state index in [4.69, 9.17) is 5.11 Å². The average Bonchev–Trinajstić information content (AvgIpc) is 2.50. The average molecular weight is 292 g/mol. The lowest BCUT2D eigenvalue weighted by Crippen LogP contribution is -2.44. The van der Waals surface area contributed by atoms with Crippen molar-refractivity contribution in [1.29, 1.82) is 0 Å². The van der Waals surface area contributed by atoms with Gasteiger partial charge in [0.05, 0.1) is 12.7 Å². The summed E-state index contributed by atoms with van der Waals surface area (Å²) < 4.78 is 4.45. The Labute approximate surface area is 121 Å². The highest BCUT2D eigenvalue weighted by Gasteiger charge is 2.24. The molecule has 0 unspecified atom stereocenters. The third-order valence-corrected chi connectivity index (χ3v) is 3.40. The zero-order chi connectivity index (χ0) is 15.4. The monoisotopic (exact) mass is 292 g/mol. The molecule has 0 aliphatic carbocycles. The molecule has 1 aromatic carbocycles. The number of esters is 1. The molecule has 0 atom stereocenters. The highest BCUT2D eigenvalue weighted by atomic mass is 16.5. The smallest absolute Gasteiger partial charge is 0.335 e. The molecule has 2 rings (SSSR count). The Morgan fingerprint density at radius 2 is 2.14 bits per heavy atom. The number of rotatable bonds is 3. The van der Waals surface area contributed by atoms with Crippen LogP contribution in [-0.2, 0) is 22.5 Å². The summed E-state index contributed by atoms with van der Waals surface area (Å²) in [5, 5.41) is 11.6. The second-order valence-corrected chi connectivity index (χ2v) is 4.65. The number of nitrogens with one attached hydrogen (secondary N) is 1. The van der Waals surface area contributed by atoms with E-state index < -0.39 is 11.9 Å². The lowest BCUT2D eigenvalue weighted by atomic mass is 9.95. The van der Waals surface area contributed by atoms with Crippen molar-refractivity contribution >= 4 is 18.0 Å². The number of fused-ring (bicyclic) bond motifs is 1. The van der Waals surface area contributed by atoms with E-state index in [9.17, 15) is 14.4 Å². The molecule has 0 saturated carbocycles. The van der Waals surface area contributed by atoms with Crippen molar-refractivity contribution in [3.05, 3.63) is 34.9 Å². The number of nitrogens with zero attached hydrogens (tertiary/aromatic N) is 1. The number of aromatic carboxylic acids is 1. The molecule has 0 spiro atoms. The van der Waals surface area contributed by atoms with E-state index >= 15 is 0 Å². The number of carboxylic acid groups (broad SMARTS) is 1. The van der Waals surface area contributed by atoms with Crippen molar-refractivity contribution in [3.8, 4) is 0 Å². The minimum atomic E-state index is -0.963. The van der Waals surface area contributed by atoms with Gasteiger partial charge in [0.15, 0.2) is 0 Å². The molecule has 0 aromatic heterocycles. The zero-order valence-corrected chi connectivity index (χ0v) is 11.6. The Morgan fingerprint density at radius 3 is 2.81 bits per heavy atom. The predicted octanol–water partition coefficient (Wildman–Crippen LogP) is 0.625. The Morgan fingerprint density at radius 1 is 1.38 bits per heavy atom. The number of urea groups is 1. The van der Waals surface area contributed by atoms with E-state index in [0.717, 1.165) is 11.1 Å². The molecule has 0 bridgehead atoms. The summed E-state index contributed by atoms with van der Waals surface area (Å²) in [6.45, 7) is 0.543. The molecule has 7 heteroatoms. The summed E-state index contributed by atoms with van der Waals surface area (Å²) in [4.78, 5) is 35.6. The first-order chi connectivity index (χ1) is 10.0. The largest absolute Gasteiger partial charge is 0.478 e. The van der Waals surface area contributed by atoms with Crippen LogP contribution < -0.4 is 5.32 Å². The van der Waals surface area contributed by atoms with Crippen LogP contribution in [0.4, 0.5) is 4.79 Å². The molecule has 0 saturated heterocycles. The molecule has 2 N–H and O–H groups in total. The van der Waals surface area contributed by atoms with Crippen molar-refractivity contribution < 1.29 is 24.2 Å². The summed E-state index contributed by atoms with van der Waals surface area (Å²) in [6.07, 6.45) is 0.476. The van der Waals surface area contributed by atoms with Gasteiger partial charge in [-0.25, -0.2) is 9.59 Å². The summed E-state index contributed by atoms with van der Waals surface area (Å²) in [5.41, 5.74) is 1.86. The molecule has 1 aliphatic rings. The first-order valence-electron chi connectivity index (χ1n) is 6.46.